The van der Waals surface area contributed by atoms with Crippen LogP contribution in [0.15, 0.2) is 54.1 Å². The predicted molar refractivity (Wildman–Crippen MR) is 105 cm³/mol. The van der Waals surface area contributed by atoms with Gasteiger partial charge in [-0.1, -0.05) is 18.2 Å². The number of hydrogen-bond acceptors (Lipinski definition) is 4. The van der Waals surface area contributed by atoms with E-state index in [2.05, 4.69) is 0 Å². The highest BCUT2D eigenvalue weighted by atomic mass is 19.1. The average molecular weight is 400 g/mol. The Hall–Kier alpha value is -3.06. The Morgan fingerprint density at radius 3 is 2.34 bits per heavy atom. The molecule has 1 amide bonds. The fourth-order valence-corrected chi connectivity index (χ4v) is 3.45. The highest BCUT2D eigenvalue weighted by molar-refractivity contribution is 6.46. The van der Waals surface area contributed by atoms with E-state index in [4.69, 9.17) is 0 Å². The zero-order valence-electron chi connectivity index (χ0n) is 16.2. The molecule has 152 valence electrons. The van der Waals surface area contributed by atoms with Gasteiger partial charge in [0, 0.05) is 17.7 Å². The third kappa shape index (κ3) is 4.19. The molecular formula is C22H22F2N2O3. The van der Waals surface area contributed by atoms with Crippen molar-refractivity contribution in [1.29, 1.82) is 0 Å². The fourth-order valence-electron chi connectivity index (χ4n) is 3.45. The number of rotatable bonds is 6. The molecule has 1 fully saturated rings. The van der Waals surface area contributed by atoms with Crippen molar-refractivity contribution in [2.75, 3.05) is 27.2 Å². The van der Waals surface area contributed by atoms with Gasteiger partial charge in [0.05, 0.1) is 11.6 Å². The molecule has 3 rings (SSSR count). The van der Waals surface area contributed by atoms with E-state index in [0.717, 1.165) is 12.1 Å². The minimum Gasteiger partial charge on any atom is -0.507 e. The molecule has 7 heteroatoms. The first kappa shape index (κ1) is 20.7. The van der Waals surface area contributed by atoms with Crippen molar-refractivity contribution in [1.82, 2.24) is 9.80 Å². The summed E-state index contributed by atoms with van der Waals surface area (Å²) >= 11 is 0. The smallest absolute Gasteiger partial charge is 0.295 e. The Morgan fingerprint density at radius 1 is 1.07 bits per heavy atom. The highest BCUT2D eigenvalue weighted by Crippen LogP contribution is 2.40. The number of halogens is 2. The van der Waals surface area contributed by atoms with E-state index < -0.39 is 35.1 Å². The standard InChI is InChI=1S/C22H22F2N2O3/c1-25(2)12-5-13-26-19(16-6-3-4-7-17(16)24)18(21(28)22(26)29)20(27)14-8-10-15(23)11-9-14/h3-4,6-11,19,27H,5,12-13H2,1-2H3/t19-/m1/s1. The maximum atomic E-state index is 14.6. The highest BCUT2D eigenvalue weighted by Gasteiger charge is 2.46. The minimum absolute atomic E-state index is 0.125. The summed E-state index contributed by atoms with van der Waals surface area (Å²) < 4.78 is 27.8. The van der Waals surface area contributed by atoms with Gasteiger partial charge in [-0.3, -0.25) is 9.59 Å². The minimum atomic E-state index is -1.05. The molecule has 1 aliphatic rings. The quantitative estimate of drug-likeness (QED) is 0.459. The second-order valence-corrected chi connectivity index (χ2v) is 7.18. The molecular weight excluding hydrogens is 378 g/mol. The first-order valence-corrected chi connectivity index (χ1v) is 9.24. The molecule has 0 aliphatic carbocycles. The average Bonchev–Trinajstić information content (AvgIpc) is 2.93. The van der Waals surface area contributed by atoms with Gasteiger partial charge >= 0.3 is 0 Å². The predicted octanol–water partition coefficient (Wildman–Crippen LogP) is 3.34. The number of likely N-dealkylation sites (tertiary alicyclic amines) is 1. The van der Waals surface area contributed by atoms with Gasteiger partial charge in [0.1, 0.15) is 17.4 Å². The molecule has 0 aromatic heterocycles. The van der Waals surface area contributed by atoms with Crippen molar-refractivity contribution < 1.29 is 23.5 Å². The molecule has 0 saturated carbocycles. The van der Waals surface area contributed by atoms with E-state index in [-0.39, 0.29) is 23.2 Å². The Balaban J connectivity index is 2.11. The van der Waals surface area contributed by atoms with Gasteiger partial charge in [-0.05, 0) is 57.4 Å². The van der Waals surface area contributed by atoms with Gasteiger partial charge in [-0.25, -0.2) is 8.78 Å². The van der Waals surface area contributed by atoms with Crippen LogP contribution in [-0.4, -0.2) is 53.8 Å². The van der Waals surface area contributed by atoms with Crippen LogP contribution in [0.2, 0.25) is 0 Å². The molecule has 2 aromatic carbocycles. The molecule has 1 saturated heterocycles. The van der Waals surface area contributed by atoms with Crippen LogP contribution in [0, 0.1) is 11.6 Å². The van der Waals surface area contributed by atoms with Crippen LogP contribution in [0.1, 0.15) is 23.6 Å². The number of carbonyl (C=O) groups excluding carboxylic acids is 2. The zero-order valence-corrected chi connectivity index (χ0v) is 16.2. The maximum Gasteiger partial charge on any atom is 0.295 e. The zero-order chi connectivity index (χ0) is 21.1. The molecule has 1 N–H and O–H groups in total. The summed E-state index contributed by atoms with van der Waals surface area (Å²) in [5.74, 6) is -3.21. The van der Waals surface area contributed by atoms with Crippen LogP contribution in [-0.2, 0) is 9.59 Å². The molecule has 2 aromatic rings. The van der Waals surface area contributed by atoms with Gasteiger partial charge in [-0.15, -0.1) is 0 Å². The SMILES string of the molecule is CN(C)CCCN1C(=O)C(=O)C(=C(O)c2ccc(F)cc2)[C@H]1c1ccccc1F. The second kappa shape index (κ2) is 8.53. The van der Waals surface area contributed by atoms with Gasteiger partial charge in [0.15, 0.2) is 0 Å². The lowest BCUT2D eigenvalue weighted by Gasteiger charge is -2.26. The molecule has 0 spiro atoms. The van der Waals surface area contributed by atoms with Gasteiger partial charge in [0.2, 0.25) is 0 Å². The first-order chi connectivity index (χ1) is 13.8. The number of nitrogens with zero attached hydrogens (tertiary/aromatic N) is 2. The summed E-state index contributed by atoms with van der Waals surface area (Å²) in [6, 6.07) is 9.69. The van der Waals surface area contributed by atoms with Crippen LogP contribution in [0.4, 0.5) is 8.78 Å². The van der Waals surface area contributed by atoms with E-state index in [9.17, 15) is 23.5 Å². The first-order valence-electron chi connectivity index (χ1n) is 9.24. The lowest BCUT2D eigenvalue weighted by molar-refractivity contribution is -0.140. The van der Waals surface area contributed by atoms with Crippen molar-refractivity contribution in [2.24, 2.45) is 0 Å². The van der Waals surface area contributed by atoms with E-state index >= 15 is 0 Å². The Bertz CT molecular complexity index is 955. The van der Waals surface area contributed by atoms with Crippen molar-refractivity contribution >= 4 is 17.4 Å². The number of hydrogen-bond donors (Lipinski definition) is 1. The summed E-state index contributed by atoms with van der Waals surface area (Å²) in [7, 11) is 3.77. The molecule has 0 bridgehead atoms. The summed E-state index contributed by atoms with van der Waals surface area (Å²) in [6.45, 7) is 0.896. The molecule has 1 heterocycles. The molecule has 0 radical (unpaired) electrons. The summed E-state index contributed by atoms with van der Waals surface area (Å²) in [4.78, 5) is 28.7. The number of Topliss-reactive ketones (excluding diaryl/α,β-unsaturated/α-hetero) is 1. The van der Waals surface area contributed by atoms with Gasteiger partial charge in [-0.2, -0.15) is 0 Å². The lowest BCUT2D eigenvalue weighted by Crippen LogP contribution is -2.32. The molecule has 1 atom stereocenters. The van der Waals surface area contributed by atoms with Crippen molar-refractivity contribution in [3.63, 3.8) is 0 Å². The van der Waals surface area contributed by atoms with Gasteiger partial charge in [0.25, 0.3) is 11.7 Å². The molecule has 0 unspecified atom stereocenters. The number of aliphatic hydroxyl groups is 1. The van der Waals surface area contributed by atoms with Crippen molar-refractivity contribution in [3.8, 4) is 0 Å². The third-order valence-electron chi connectivity index (χ3n) is 4.86. The number of ketones is 1. The topological polar surface area (TPSA) is 60.9 Å². The Labute approximate surface area is 167 Å². The van der Waals surface area contributed by atoms with Crippen molar-refractivity contribution in [3.05, 3.63) is 76.9 Å². The fraction of sp³-hybridized carbons (Fsp3) is 0.273. The molecule has 1 aliphatic heterocycles. The van der Waals surface area contributed by atoms with Crippen molar-refractivity contribution in [2.45, 2.75) is 12.5 Å². The van der Waals surface area contributed by atoms with E-state index in [0.29, 0.717) is 13.0 Å². The lowest BCUT2D eigenvalue weighted by atomic mass is 9.95. The number of amides is 1. The summed E-state index contributed by atoms with van der Waals surface area (Å²) in [6.07, 6.45) is 0.571. The molecule has 29 heavy (non-hydrogen) atoms. The summed E-state index contributed by atoms with van der Waals surface area (Å²) in [5.41, 5.74) is 0.107. The number of benzene rings is 2. The van der Waals surface area contributed by atoms with E-state index in [1.165, 1.54) is 35.2 Å². The molecule has 5 nitrogen and oxygen atoms in total. The van der Waals surface area contributed by atoms with E-state index in [1.54, 1.807) is 6.07 Å². The second-order valence-electron chi connectivity index (χ2n) is 7.18. The number of carbonyl (C=O) groups is 2. The van der Waals surface area contributed by atoms with Crippen LogP contribution in [0.3, 0.4) is 0 Å². The summed E-state index contributed by atoms with van der Waals surface area (Å²) in [5, 5.41) is 10.8. The van der Waals surface area contributed by atoms with E-state index in [1.807, 2.05) is 19.0 Å². The van der Waals surface area contributed by atoms with Crippen LogP contribution < -0.4 is 0 Å². The Morgan fingerprint density at radius 2 is 1.72 bits per heavy atom. The number of aliphatic hydroxyl groups excluding tert-OH is 1. The largest absolute Gasteiger partial charge is 0.507 e. The Kier molecular flexibility index (Phi) is 6.08. The van der Waals surface area contributed by atoms with Crippen LogP contribution >= 0.6 is 0 Å². The normalized spacial score (nSPS) is 18.7. The van der Waals surface area contributed by atoms with Gasteiger partial charge < -0.3 is 14.9 Å². The van der Waals surface area contributed by atoms with Crippen LogP contribution in [0.5, 0.6) is 0 Å². The monoisotopic (exact) mass is 400 g/mol. The maximum absolute atomic E-state index is 14.6. The van der Waals surface area contributed by atoms with Crippen LogP contribution in [0.25, 0.3) is 5.76 Å². The third-order valence-corrected chi connectivity index (χ3v) is 4.86.